The van der Waals surface area contributed by atoms with Gasteiger partial charge >= 0.3 is 5.91 Å². The van der Waals surface area contributed by atoms with Crippen LogP contribution >= 0.6 is 0 Å². The molecule has 0 unspecified atom stereocenters. The molecule has 3 aromatic rings. The van der Waals surface area contributed by atoms with Crippen LogP contribution in [-0.2, 0) is 11.2 Å². The topological polar surface area (TPSA) is 273 Å². The van der Waals surface area contributed by atoms with E-state index < -0.39 is 59.6 Å². The Morgan fingerprint density at radius 2 is 1.36 bits per heavy atom. The molecular formula is C25H25N5O12. The normalized spacial score (nSPS) is 20.3. The van der Waals surface area contributed by atoms with E-state index in [0.29, 0.717) is 16.3 Å². The van der Waals surface area contributed by atoms with Crippen molar-refractivity contribution in [3.63, 3.8) is 0 Å². The first kappa shape index (κ1) is 29.0. The van der Waals surface area contributed by atoms with Crippen molar-refractivity contribution >= 4 is 29.1 Å². The summed E-state index contributed by atoms with van der Waals surface area (Å²) in [7, 11) is 1.45. The lowest BCUT2D eigenvalue weighted by molar-refractivity contribution is -0.455. The third-order valence-corrected chi connectivity index (χ3v) is 7.06. The number of fused-ring (bicyclic) bond motifs is 1. The fourth-order valence-electron chi connectivity index (χ4n) is 4.94. The summed E-state index contributed by atoms with van der Waals surface area (Å²) in [6.45, 7) is 0. The van der Waals surface area contributed by atoms with Crippen LogP contribution in [0.5, 0.6) is 5.75 Å². The number of aliphatic hydroxyl groups is 8. The highest BCUT2D eigenvalue weighted by atomic mass is 16.7. The Hall–Kier alpha value is -4.46. The molecule has 2 aliphatic rings. The monoisotopic (exact) mass is 587 g/mol. The van der Waals surface area contributed by atoms with Gasteiger partial charge in [-0.25, -0.2) is 4.68 Å². The molecule has 0 spiro atoms. The second kappa shape index (κ2) is 9.28. The van der Waals surface area contributed by atoms with Gasteiger partial charge in [-0.3, -0.25) is 24.2 Å². The number of ether oxygens (including phenoxy) is 1. The second-order valence-electron chi connectivity index (χ2n) is 9.79. The minimum absolute atomic E-state index is 0.0701. The molecule has 0 aliphatic carbocycles. The molecule has 222 valence electrons. The average Bonchev–Trinajstić information content (AvgIpc) is 3.27. The maximum Gasteiger partial charge on any atom is 0.316 e. The number of hydrogen-bond acceptors (Lipinski definition) is 13. The lowest BCUT2D eigenvalue weighted by Crippen LogP contribution is -2.79. The number of carbonyl (C=O) groups excluding carboxylic acids is 3. The van der Waals surface area contributed by atoms with Gasteiger partial charge in [-0.1, -0.05) is 0 Å². The highest BCUT2D eigenvalue weighted by molar-refractivity contribution is 6.10. The first-order valence-electron chi connectivity index (χ1n) is 12.1. The Labute approximate surface area is 235 Å². The minimum Gasteiger partial charge on any atom is -0.497 e. The molecular weight excluding hydrogens is 562 g/mol. The number of anilines is 2. The molecule has 42 heavy (non-hydrogen) atoms. The molecule has 2 aromatic carbocycles. The van der Waals surface area contributed by atoms with Crippen LogP contribution in [0.3, 0.4) is 0 Å². The molecule has 10 N–H and O–H groups in total. The Morgan fingerprint density at radius 1 is 0.833 bits per heavy atom. The van der Waals surface area contributed by atoms with Crippen LogP contribution in [-0.4, -0.2) is 98.9 Å². The molecule has 1 saturated heterocycles. The van der Waals surface area contributed by atoms with Crippen molar-refractivity contribution in [1.29, 1.82) is 0 Å². The number of amides is 3. The standard InChI is InChI=1S/C25H25N5O12/c1-42-15-8-6-14(7-9-15)30-19-16(18(27-30)20(26)32)10-23(36,37)29(21(19)33)13-4-2-12(3-5-13)28-17(31)11-22(34,35)24(38,39)25(28,40)41/h2-9,34-41H,10-11H2,1H3,(H2,26,32). The van der Waals surface area contributed by atoms with E-state index >= 15 is 0 Å². The van der Waals surface area contributed by atoms with E-state index in [9.17, 15) is 55.2 Å². The molecule has 0 radical (unpaired) electrons. The van der Waals surface area contributed by atoms with Gasteiger partial charge in [0.2, 0.25) is 11.7 Å². The zero-order chi connectivity index (χ0) is 31.0. The smallest absolute Gasteiger partial charge is 0.316 e. The fourth-order valence-corrected chi connectivity index (χ4v) is 4.94. The van der Waals surface area contributed by atoms with Gasteiger partial charge in [-0.2, -0.15) is 5.10 Å². The summed E-state index contributed by atoms with van der Waals surface area (Å²) in [6, 6.07) is 10.3. The number of nitrogens with zero attached hydrogens (tertiary/aromatic N) is 4. The van der Waals surface area contributed by atoms with E-state index in [1.54, 1.807) is 12.1 Å². The summed E-state index contributed by atoms with van der Waals surface area (Å²) in [5.41, 5.74) is 4.41. The van der Waals surface area contributed by atoms with Crippen molar-refractivity contribution < 1.29 is 60.0 Å². The molecule has 3 amide bonds. The van der Waals surface area contributed by atoms with Crippen LogP contribution < -0.4 is 20.3 Å². The van der Waals surface area contributed by atoms with E-state index in [-0.39, 0.29) is 27.5 Å². The Morgan fingerprint density at radius 3 is 1.88 bits per heavy atom. The van der Waals surface area contributed by atoms with Crippen molar-refractivity contribution in [2.75, 3.05) is 16.9 Å². The highest BCUT2D eigenvalue weighted by Gasteiger charge is 2.70. The molecule has 0 bridgehead atoms. The van der Waals surface area contributed by atoms with Crippen LogP contribution in [0.1, 0.15) is 33.0 Å². The quantitative estimate of drug-likeness (QED) is 0.132. The van der Waals surface area contributed by atoms with Crippen molar-refractivity contribution in [2.45, 2.75) is 36.2 Å². The minimum atomic E-state index is -4.02. The molecule has 17 heteroatoms. The highest BCUT2D eigenvalue weighted by Crippen LogP contribution is 2.42. The van der Waals surface area contributed by atoms with Crippen molar-refractivity contribution in [3.05, 3.63) is 65.5 Å². The van der Waals surface area contributed by atoms with Gasteiger partial charge < -0.3 is 51.3 Å². The molecule has 2 aliphatic heterocycles. The Balaban J connectivity index is 1.57. The summed E-state index contributed by atoms with van der Waals surface area (Å²) in [5, 5.41) is 86.2. The first-order valence-corrected chi connectivity index (χ1v) is 12.1. The number of primary amides is 1. The van der Waals surface area contributed by atoms with Gasteiger partial charge in [0.25, 0.3) is 23.5 Å². The Kier molecular flexibility index (Phi) is 6.41. The lowest BCUT2D eigenvalue weighted by Gasteiger charge is -2.51. The molecule has 17 nitrogen and oxygen atoms in total. The number of piperidine rings is 1. The van der Waals surface area contributed by atoms with E-state index in [0.717, 1.165) is 28.9 Å². The zero-order valence-electron chi connectivity index (χ0n) is 21.6. The van der Waals surface area contributed by atoms with Crippen LogP contribution in [0, 0.1) is 0 Å². The summed E-state index contributed by atoms with van der Waals surface area (Å²) in [5.74, 6) is -17.4. The van der Waals surface area contributed by atoms with E-state index in [1.165, 1.54) is 19.2 Å². The summed E-state index contributed by atoms with van der Waals surface area (Å²) < 4.78 is 6.23. The van der Waals surface area contributed by atoms with E-state index in [1.807, 2.05) is 0 Å². The third kappa shape index (κ3) is 4.11. The summed E-state index contributed by atoms with van der Waals surface area (Å²) >= 11 is 0. The number of benzene rings is 2. The number of hydrogen-bond donors (Lipinski definition) is 9. The predicted octanol–water partition coefficient (Wildman–Crippen LogP) is -3.44. The van der Waals surface area contributed by atoms with Crippen LogP contribution in [0.2, 0.25) is 0 Å². The average molecular weight is 587 g/mol. The van der Waals surface area contributed by atoms with Gasteiger partial charge in [0, 0.05) is 16.9 Å². The fraction of sp³-hybridized carbons (Fsp3) is 0.280. The van der Waals surface area contributed by atoms with E-state index in [2.05, 4.69) is 5.10 Å². The molecule has 1 aromatic heterocycles. The van der Waals surface area contributed by atoms with Crippen molar-refractivity contribution in [1.82, 2.24) is 9.78 Å². The number of carbonyl (C=O) groups is 3. The maximum atomic E-state index is 13.8. The van der Waals surface area contributed by atoms with Crippen LogP contribution in [0.4, 0.5) is 11.4 Å². The Bertz CT molecular complexity index is 1590. The second-order valence-corrected chi connectivity index (χ2v) is 9.79. The van der Waals surface area contributed by atoms with E-state index in [4.69, 9.17) is 10.5 Å². The molecule has 5 rings (SSSR count). The van der Waals surface area contributed by atoms with Crippen LogP contribution in [0.25, 0.3) is 5.69 Å². The van der Waals surface area contributed by atoms with Gasteiger partial charge in [-0.05, 0) is 48.5 Å². The number of rotatable bonds is 5. The van der Waals surface area contributed by atoms with Crippen molar-refractivity contribution in [3.8, 4) is 11.4 Å². The molecule has 3 heterocycles. The van der Waals surface area contributed by atoms with Crippen molar-refractivity contribution in [2.24, 2.45) is 5.73 Å². The third-order valence-electron chi connectivity index (χ3n) is 7.06. The van der Waals surface area contributed by atoms with Crippen LogP contribution in [0.15, 0.2) is 48.5 Å². The predicted molar refractivity (Wildman–Crippen MR) is 136 cm³/mol. The molecule has 1 fully saturated rings. The molecule has 0 saturated carbocycles. The molecule has 0 atom stereocenters. The zero-order valence-corrected chi connectivity index (χ0v) is 21.6. The van der Waals surface area contributed by atoms with Gasteiger partial charge in [0.05, 0.1) is 25.6 Å². The first-order chi connectivity index (χ1) is 19.4. The number of nitrogens with two attached hydrogens (primary N) is 1. The van der Waals surface area contributed by atoms with Gasteiger partial charge in [-0.15, -0.1) is 0 Å². The summed E-state index contributed by atoms with van der Waals surface area (Å²) in [4.78, 5) is 39.1. The van der Waals surface area contributed by atoms with Gasteiger partial charge in [0.15, 0.2) is 5.69 Å². The maximum absolute atomic E-state index is 13.8. The number of methoxy groups -OCH3 is 1. The lowest BCUT2D eigenvalue weighted by atomic mass is 9.91. The SMILES string of the molecule is COc1ccc(-n2nc(C(N)=O)c3c2C(=O)N(c2ccc(N4C(=O)CC(O)(O)C(O)(O)C4(O)O)cc2)C(O)(O)C3)cc1. The largest absolute Gasteiger partial charge is 0.497 e. The van der Waals surface area contributed by atoms with Gasteiger partial charge in [0.1, 0.15) is 11.4 Å². The number of aromatic nitrogens is 2. The summed E-state index contributed by atoms with van der Waals surface area (Å²) in [6.07, 6.45) is -2.05.